The summed E-state index contributed by atoms with van der Waals surface area (Å²) in [6.07, 6.45) is 1.14. The molecule has 0 atom stereocenters. The Balaban J connectivity index is 1.28. The standard InChI is InChI=1S/C44H26Cl4N2O10/c1-3-9-59-29-11-17(5-7-19(29)43(55)56)49-39(51)21-13-25(45)33-35-27(47)15-23-32-24(16-28(48)36(38(32)35)34-26(46)14-22(40(49)52)31(21)37(33)34)42(54)50(41(23)53)18-6-8-20(44(57)58)30(12-18)60-10-4-2/h5-8,11-16H,3-4,9-10H2,1-2H3,(H,55,56)(H,57,58). The van der Waals surface area contributed by atoms with Crippen molar-refractivity contribution in [2.45, 2.75) is 26.7 Å². The third-order valence-electron chi connectivity index (χ3n) is 10.7. The number of carbonyl (C=O) groups excluding carboxylic acids is 4. The third kappa shape index (κ3) is 5.51. The van der Waals surface area contributed by atoms with Gasteiger partial charge in [-0.1, -0.05) is 60.3 Å². The molecular weight excluding hydrogens is 858 g/mol. The van der Waals surface area contributed by atoms with Crippen LogP contribution in [-0.2, 0) is 0 Å². The summed E-state index contributed by atoms with van der Waals surface area (Å²) in [7, 11) is 0. The van der Waals surface area contributed by atoms with Crippen molar-refractivity contribution >= 4 is 136 Å². The Labute approximate surface area is 358 Å². The number of aromatic carboxylic acids is 2. The lowest BCUT2D eigenvalue weighted by Crippen LogP contribution is -2.40. The van der Waals surface area contributed by atoms with Crippen LogP contribution in [0.4, 0.5) is 11.4 Å². The quantitative estimate of drug-likeness (QED) is 0.0766. The van der Waals surface area contributed by atoms with Crippen LogP contribution in [-0.4, -0.2) is 59.0 Å². The highest BCUT2D eigenvalue weighted by Crippen LogP contribution is 2.54. The molecule has 300 valence electrons. The summed E-state index contributed by atoms with van der Waals surface area (Å²) in [5.41, 5.74) is -0.0860. The van der Waals surface area contributed by atoms with Crippen LogP contribution in [0.1, 0.15) is 88.8 Å². The van der Waals surface area contributed by atoms with E-state index in [2.05, 4.69) is 0 Å². The van der Waals surface area contributed by atoms with Crippen LogP contribution in [0.25, 0.3) is 43.1 Å². The molecule has 2 heterocycles. The molecule has 0 bridgehead atoms. The van der Waals surface area contributed by atoms with E-state index >= 15 is 0 Å². The molecule has 2 aliphatic rings. The predicted molar refractivity (Wildman–Crippen MR) is 228 cm³/mol. The summed E-state index contributed by atoms with van der Waals surface area (Å²) in [5, 5.41) is 21.8. The van der Waals surface area contributed by atoms with Crippen LogP contribution in [0, 0.1) is 0 Å². The van der Waals surface area contributed by atoms with E-state index in [9.17, 15) is 39.0 Å². The van der Waals surface area contributed by atoms with Crippen LogP contribution >= 0.6 is 46.4 Å². The first kappa shape index (κ1) is 39.3. The lowest BCUT2D eigenvalue weighted by Gasteiger charge is -2.31. The lowest BCUT2D eigenvalue weighted by molar-refractivity contribution is 0.0681. The predicted octanol–water partition coefficient (Wildman–Crippen LogP) is 10.9. The fourth-order valence-corrected chi connectivity index (χ4v) is 9.44. The Bertz CT molecular complexity index is 2840. The largest absolute Gasteiger partial charge is 0.493 e. The van der Waals surface area contributed by atoms with Crippen molar-refractivity contribution in [2.24, 2.45) is 0 Å². The van der Waals surface area contributed by atoms with Crippen LogP contribution in [0.15, 0.2) is 60.7 Å². The summed E-state index contributed by atoms with van der Waals surface area (Å²) >= 11 is 28.5. The van der Waals surface area contributed by atoms with E-state index in [-0.39, 0.29) is 122 Å². The molecule has 0 saturated carbocycles. The molecule has 0 aromatic heterocycles. The van der Waals surface area contributed by atoms with Crippen molar-refractivity contribution in [3.05, 3.63) is 114 Å². The van der Waals surface area contributed by atoms with Gasteiger partial charge in [-0.05, 0) is 61.4 Å². The van der Waals surface area contributed by atoms with Crippen molar-refractivity contribution < 1.29 is 48.5 Å². The molecule has 7 aromatic rings. The van der Waals surface area contributed by atoms with Gasteiger partial charge in [0.2, 0.25) is 0 Å². The fraction of sp³-hybridized carbons (Fsp3) is 0.136. The second-order valence-electron chi connectivity index (χ2n) is 14.2. The minimum absolute atomic E-state index is 0.0282. The number of carboxylic acids is 2. The van der Waals surface area contributed by atoms with Crippen LogP contribution in [0.5, 0.6) is 11.5 Å². The van der Waals surface area contributed by atoms with Gasteiger partial charge in [-0.2, -0.15) is 0 Å². The van der Waals surface area contributed by atoms with Crippen molar-refractivity contribution in [3.63, 3.8) is 0 Å². The highest BCUT2D eigenvalue weighted by atomic mass is 35.5. The maximum absolute atomic E-state index is 14.5. The fourth-order valence-electron chi connectivity index (χ4n) is 8.24. The Kier molecular flexibility index (Phi) is 9.32. The Hall–Kier alpha value is -6.18. The normalized spacial score (nSPS) is 13.8. The van der Waals surface area contributed by atoms with Crippen molar-refractivity contribution in [2.75, 3.05) is 23.0 Å². The van der Waals surface area contributed by atoms with E-state index in [0.29, 0.717) is 23.6 Å². The molecule has 0 saturated heterocycles. The molecule has 0 fully saturated rings. The van der Waals surface area contributed by atoms with E-state index in [0.717, 1.165) is 9.80 Å². The summed E-state index contributed by atoms with van der Waals surface area (Å²) in [6.45, 7) is 4.06. The van der Waals surface area contributed by atoms with E-state index < -0.39 is 35.6 Å². The minimum atomic E-state index is -1.25. The number of anilines is 2. The second kappa shape index (κ2) is 14.2. The van der Waals surface area contributed by atoms with E-state index in [1.807, 2.05) is 13.8 Å². The smallest absolute Gasteiger partial charge is 0.339 e. The molecule has 7 aromatic carbocycles. The number of hydrogen-bond donors (Lipinski definition) is 2. The number of benzene rings is 7. The Morgan fingerprint density at radius 2 is 0.783 bits per heavy atom. The van der Waals surface area contributed by atoms with Gasteiger partial charge >= 0.3 is 11.9 Å². The molecule has 9 rings (SSSR count). The average molecular weight is 885 g/mol. The molecule has 0 aliphatic carbocycles. The zero-order chi connectivity index (χ0) is 42.6. The number of nitrogens with zero attached hydrogens (tertiary/aromatic N) is 2. The van der Waals surface area contributed by atoms with Gasteiger partial charge in [0.1, 0.15) is 22.6 Å². The number of ether oxygens (including phenoxy) is 2. The summed E-state index contributed by atoms with van der Waals surface area (Å²) in [4.78, 5) is 83.6. The minimum Gasteiger partial charge on any atom is -0.493 e. The zero-order valence-electron chi connectivity index (χ0n) is 31.2. The first-order chi connectivity index (χ1) is 28.7. The number of carbonyl (C=O) groups is 6. The molecule has 60 heavy (non-hydrogen) atoms. The number of fused-ring (bicyclic) bond motifs is 2. The number of amides is 4. The SMILES string of the molecule is CCCOc1cc(N2C(=O)c3cc(Cl)c4c5c(Cl)cc6c7c(cc(Cl)c(c8c(Cl)cc(c3c48)C2=O)c75)C(=O)N(c2ccc(C(=O)O)c(OCCC)c2)C6=O)ccc1C(=O)O. The van der Waals surface area contributed by atoms with Crippen molar-refractivity contribution in [1.29, 1.82) is 0 Å². The van der Waals surface area contributed by atoms with Crippen molar-refractivity contribution in [3.8, 4) is 11.5 Å². The molecule has 4 amide bonds. The first-order valence-corrected chi connectivity index (χ1v) is 20.0. The third-order valence-corrected chi connectivity index (χ3v) is 11.9. The van der Waals surface area contributed by atoms with Gasteiger partial charge in [0.05, 0.1) is 46.8 Å². The maximum atomic E-state index is 14.5. The summed E-state index contributed by atoms with van der Waals surface area (Å²) in [6, 6.07) is 13.4. The number of rotatable bonds is 10. The Morgan fingerprint density at radius 1 is 0.483 bits per heavy atom. The molecule has 16 heteroatoms. The molecule has 12 nitrogen and oxygen atoms in total. The number of hydrogen-bond acceptors (Lipinski definition) is 8. The topological polar surface area (TPSA) is 168 Å². The molecule has 2 aliphatic heterocycles. The van der Waals surface area contributed by atoms with Crippen LogP contribution in [0.3, 0.4) is 0 Å². The van der Waals surface area contributed by atoms with Gasteiger partial charge in [-0.3, -0.25) is 19.2 Å². The van der Waals surface area contributed by atoms with Gasteiger partial charge in [0.25, 0.3) is 23.6 Å². The highest BCUT2D eigenvalue weighted by molar-refractivity contribution is 6.57. The molecule has 2 N–H and O–H groups in total. The van der Waals surface area contributed by atoms with Crippen LogP contribution in [0.2, 0.25) is 20.1 Å². The van der Waals surface area contributed by atoms with E-state index in [4.69, 9.17) is 55.9 Å². The average Bonchev–Trinajstić information content (AvgIpc) is 3.21. The van der Waals surface area contributed by atoms with Gasteiger partial charge in [-0.25, -0.2) is 19.4 Å². The highest BCUT2D eigenvalue weighted by Gasteiger charge is 2.41. The van der Waals surface area contributed by atoms with Crippen molar-refractivity contribution in [1.82, 2.24) is 0 Å². The lowest BCUT2D eigenvalue weighted by atomic mass is 9.82. The second-order valence-corrected chi connectivity index (χ2v) is 15.8. The zero-order valence-corrected chi connectivity index (χ0v) is 34.2. The maximum Gasteiger partial charge on any atom is 0.339 e. The number of halogens is 4. The van der Waals surface area contributed by atoms with E-state index in [1.165, 1.54) is 60.7 Å². The first-order valence-electron chi connectivity index (χ1n) is 18.5. The van der Waals surface area contributed by atoms with Crippen LogP contribution < -0.4 is 19.3 Å². The summed E-state index contributed by atoms with van der Waals surface area (Å²) < 4.78 is 11.4. The molecule has 0 unspecified atom stereocenters. The summed E-state index contributed by atoms with van der Waals surface area (Å²) in [5.74, 6) is -5.61. The van der Waals surface area contributed by atoms with E-state index in [1.54, 1.807) is 0 Å². The molecule has 0 radical (unpaired) electrons. The van der Waals surface area contributed by atoms with Gasteiger partial charge < -0.3 is 19.7 Å². The molecule has 0 spiro atoms. The monoisotopic (exact) mass is 882 g/mol. The molecular formula is C44H26Cl4N2O10. The van der Waals surface area contributed by atoms with Gasteiger partial charge in [0.15, 0.2) is 0 Å². The van der Waals surface area contributed by atoms with Gasteiger partial charge in [0, 0.05) is 75.3 Å². The Morgan fingerprint density at radius 3 is 1.05 bits per heavy atom. The number of imide groups is 2. The number of carboxylic acid groups (broad SMARTS) is 2. The van der Waals surface area contributed by atoms with Gasteiger partial charge in [-0.15, -0.1) is 0 Å².